The van der Waals surface area contributed by atoms with Gasteiger partial charge in [-0.15, -0.1) is 0 Å². The molecule has 0 aliphatic heterocycles. The van der Waals surface area contributed by atoms with Gasteiger partial charge in [-0.2, -0.15) is 0 Å². The maximum Gasteiger partial charge on any atom is 0.269 e. The molecule has 1 fully saturated rings. The molecule has 0 radical (unpaired) electrons. The average Bonchev–Trinajstić information content (AvgIpc) is 2.33. The van der Waals surface area contributed by atoms with Crippen molar-refractivity contribution in [2.24, 2.45) is 11.8 Å². The molecule has 0 spiro atoms. The average molecular weight is 249 g/mol. The van der Waals surface area contributed by atoms with E-state index in [1.54, 1.807) is 12.1 Å². The third-order valence-electron chi connectivity index (χ3n) is 3.57. The molecule has 18 heavy (non-hydrogen) atoms. The summed E-state index contributed by atoms with van der Waals surface area (Å²) in [5.74, 6) is 5.36. The summed E-state index contributed by atoms with van der Waals surface area (Å²) in [7, 11) is 0. The van der Waals surface area contributed by atoms with E-state index < -0.39 is 10.3 Å². The molecule has 0 bridgehead atoms. The number of carbonyl (C=O) groups excluding carboxylic acids is 1. The van der Waals surface area contributed by atoms with Crippen LogP contribution in [-0.2, 0) is 10.2 Å². The Bertz CT molecular complexity index is 495. The monoisotopic (exact) mass is 249 g/mol. The SMILES string of the molecule is CC1CC(C(=O)NN)(c2cccc([N+](=O)[O-])c2)C1. The molecule has 0 atom stereocenters. The van der Waals surface area contributed by atoms with Crippen molar-refractivity contribution in [2.45, 2.75) is 25.2 Å². The Labute approximate surface area is 104 Å². The van der Waals surface area contributed by atoms with Gasteiger partial charge in [-0.05, 0) is 24.3 Å². The molecule has 1 aliphatic rings. The van der Waals surface area contributed by atoms with E-state index in [4.69, 9.17) is 5.84 Å². The second kappa shape index (κ2) is 4.38. The second-order valence-electron chi connectivity index (χ2n) is 4.88. The highest BCUT2D eigenvalue weighted by atomic mass is 16.6. The number of hydrogen-bond donors (Lipinski definition) is 2. The lowest BCUT2D eigenvalue weighted by Crippen LogP contribution is -2.54. The fraction of sp³-hybridized carbons (Fsp3) is 0.417. The topological polar surface area (TPSA) is 98.3 Å². The zero-order valence-corrected chi connectivity index (χ0v) is 10.1. The highest BCUT2D eigenvalue weighted by Gasteiger charge is 2.49. The lowest BCUT2D eigenvalue weighted by atomic mass is 9.58. The summed E-state index contributed by atoms with van der Waals surface area (Å²) in [5.41, 5.74) is 2.12. The molecule has 1 amide bonds. The van der Waals surface area contributed by atoms with Crippen LogP contribution in [0.2, 0.25) is 0 Å². The first-order valence-electron chi connectivity index (χ1n) is 5.75. The van der Waals surface area contributed by atoms with Gasteiger partial charge in [-0.3, -0.25) is 20.3 Å². The Morgan fingerprint density at radius 2 is 2.22 bits per heavy atom. The molecular formula is C12H15N3O3. The smallest absolute Gasteiger partial charge is 0.269 e. The molecule has 0 heterocycles. The van der Waals surface area contributed by atoms with Crippen molar-refractivity contribution in [3.63, 3.8) is 0 Å². The molecule has 0 unspecified atom stereocenters. The van der Waals surface area contributed by atoms with Crippen molar-refractivity contribution in [1.29, 1.82) is 0 Å². The lowest BCUT2D eigenvalue weighted by molar-refractivity contribution is -0.385. The number of nitro groups is 1. The van der Waals surface area contributed by atoms with Crippen LogP contribution in [0, 0.1) is 16.0 Å². The van der Waals surface area contributed by atoms with Crippen molar-refractivity contribution in [3.05, 3.63) is 39.9 Å². The summed E-state index contributed by atoms with van der Waals surface area (Å²) in [5, 5.41) is 10.8. The lowest BCUT2D eigenvalue weighted by Gasteiger charge is -2.44. The first-order chi connectivity index (χ1) is 8.49. The van der Waals surface area contributed by atoms with Crippen LogP contribution >= 0.6 is 0 Å². The van der Waals surface area contributed by atoms with Crippen LogP contribution in [0.5, 0.6) is 0 Å². The van der Waals surface area contributed by atoms with E-state index in [0.717, 1.165) is 0 Å². The van der Waals surface area contributed by atoms with Crippen LogP contribution in [0.4, 0.5) is 5.69 Å². The van der Waals surface area contributed by atoms with Crippen molar-refractivity contribution in [2.75, 3.05) is 0 Å². The van der Waals surface area contributed by atoms with E-state index in [1.165, 1.54) is 12.1 Å². The number of carbonyl (C=O) groups is 1. The summed E-state index contributed by atoms with van der Waals surface area (Å²) >= 11 is 0. The maximum absolute atomic E-state index is 11.9. The van der Waals surface area contributed by atoms with Gasteiger partial charge < -0.3 is 0 Å². The predicted octanol–water partition coefficient (Wildman–Crippen LogP) is 1.25. The third kappa shape index (κ3) is 1.84. The number of nitro benzene ring substituents is 1. The first kappa shape index (κ1) is 12.5. The minimum Gasteiger partial charge on any atom is -0.293 e. The number of hydrogen-bond acceptors (Lipinski definition) is 4. The maximum atomic E-state index is 11.9. The van der Waals surface area contributed by atoms with Crippen molar-refractivity contribution in [3.8, 4) is 0 Å². The number of nitrogens with zero attached hydrogens (tertiary/aromatic N) is 1. The van der Waals surface area contributed by atoms with Crippen LogP contribution in [0.15, 0.2) is 24.3 Å². The zero-order chi connectivity index (χ0) is 13.3. The quantitative estimate of drug-likeness (QED) is 0.364. The van der Waals surface area contributed by atoms with E-state index in [9.17, 15) is 14.9 Å². The second-order valence-corrected chi connectivity index (χ2v) is 4.88. The molecule has 6 nitrogen and oxygen atoms in total. The fourth-order valence-electron chi connectivity index (χ4n) is 2.74. The van der Waals surface area contributed by atoms with E-state index in [-0.39, 0.29) is 11.6 Å². The Balaban J connectivity index is 2.41. The zero-order valence-electron chi connectivity index (χ0n) is 10.1. The van der Waals surface area contributed by atoms with Crippen LogP contribution in [0.3, 0.4) is 0 Å². The van der Waals surface area contributed by atoms with E-state index >= 15 is 0 Å². The normalized spacial score (nSPS) is 26.2. The van der Waals surface area contributed by atoms with E-state index in [2.05, 4.69) is 5.43 Å². The van der Waals surface area contributed by atoms with Crippen LogP contribution in [0.25, 0.3) is 0 Å². The highest BCUT2D eigenvalue weighted by molar-refractivity contribution is 5.89. The van der Waals surface area contributed by atoms with Gasteiger partial charge in [0.05, 0.1) is 10.3 Å². The van der Waals surface area contributed by atoms with Gasteiger partial charge in [-0.25, -0.2) is 5.84 Å². The third-order valence-corrected chi connectivity index (χ3v) is 3.57. The molecule has 2 rings (SSSR count). The molecule has 6 heteroatoms. The van der Waals surface area contributed by atoms with Crippen molar-refractivity contribution < 1.29 is 9.72 Å². The minimum atomic E-state index is -0.708. The number of nitrogens with two attached hydrogens (primary N) is 1. The van der Waals surface area contributed by atoms with Gasteiger partial charge >= 0.3 is 0 Å². The molecule has 1 aromatic carbocycles. The van der Waals surface area contributed by atoms with Gasteiger partial charge in [0.1, 0.15) is 0 Å². The van der Waals surface area contributed by atoms with Gasteiger partial charge in [0.25, 0.3) is 5.69 Å². The summed E-state index contributed by atoms with van der Waals surface area (Å²) in [6.07, 6.45) is 1.33. The fourth-order valence-corrected chi connectivity index (χ4v) is 2.74. The number of amides is 1. The van der Waals surface area contributed by atoms with E-state index in [1.807, 2.05) is 6.92 Å². The number of benzene rings is 1. The summed E-state index contributed by atoms with van der Waals surface area (Å²) in [6.45, 7) is 2.04. The van der Waals surface area contributed by atoms with Crippen LogP contribution in [0.1, 0.15) is 25.3 Å². The van der Waals surface area contributed by atoms with Gasteiger partial charge in [0.15, 0.2) is 0 Å². The number of hydrazine groups is 1. The Kier molecular flexibility index (Phi) is 3.04. The molecule has 96 valence electrons. The van der Waals surface area contributed by atoms with Gasteiger partial charge in [-0.1, -0.05) is 19.1 Å². The number of non-ortho nitro benzene ring substituents is 1. The summed E-state index contributed by atoms with van der Waals surface area (Å²) in [4.78, 5) is 22.2. The number of nitrogens with one attached hydrogen (secondary N) is 1. The standard InChI is InChI=1S/C12H15N3O3/c1-8-6-12(7-8,11(16)14-13)9-3-2-4-10(5-9)15(17)18/h2-5,8H,6-7,13H2,1H3,(H,14,16). The van der Waals surface area contributed by atoms with E-state index in [0.29, 0.717) is 24.3 Å². The molecule has 3 N–H and O–H groups in total. The van der Waals surface area contributed by atoms with Crippen LogP contribution in [-0.4, -0.2) is 10.8 Å². The summed E-state index contributed by atoms with van der Waals surface area (Å²) < 4.78 is 0. The number of rotatable bonds is 3. The molecule has 0 saturated heterocycles. The molecule has 1 aliphatic carbocycles. The summed E-state index contributed by atoms with van der Waals surface area (Å²) in [6, 6.07) is 6.22. The molecular weight excluding hydrogens is 234 g/mol. The Morgan fingerprint density at radius 1 is 1.56 bits per heavy atom. The van der Waals surface area contributed by atoms with Gasteiger partial charge in [0, 0.05) is 12.1 Å². The predicted molar refractivity (Wildman–Crippen MR) is 65.5 cm³/mol. The Hall–Kier alpha value is -1.95. The largest absolute Gasteiger partial charge is 0.293 e. The first-order valence-corrected chi connectivity index (χ1v) is 5.75. The molecule has 1 saturated carbocycles. The molecule has 0 aromatic heterocycles. The van der Waals surface area contributed by atoms with Crippen LogP contribution < -0.4 is 11.3 Å². The molecule has 1 aromatic rings. The van der Waals surface area contributed by atoms with Crippen molar-refractivity contribution >= 4 is 11.6 Å². The van der Waals surface area contributed by atoms with Crippen molar-refractivity contribution in [1.82, 2.24) is 5.43 Å². The Morgan fingerprint density at radius 3 is 2.72 bits per heavy atom. The highest BCUT2D eigenvalue weighted by Crippen LogP contribution is 2.48. The minimum absolute atomic E-state index is 0.00347. The van der Waals surface area contributed by atoms with Gasteiger partial charge in [0.2, 0.25) is 5.91 Å².